The summed E-state index contributed by atoms with van der Waals surface area (Å²) in [4.78, 5) is 24.4. The predicted octanol–water partition coefficient (Wildman–Crippen LogP) is 4.96. The summed E-state index contributed by atoms with van der Waals surface area (Å²) in [6.07, 6.45) is 8.43. The van der Waals surface area contributed by atoms with Crippen LogP contribution in [0.25, 0.3) is 0 Å². The zero-order valence-electron chi connectivity index (χ0n) is 15.4. The van der Waals surface area contributed by atoms with E-state index in [0.717, 1.165) is 51.4 Å². The van der Waals surface area contributed by atoms with Crippen molar-refractivity contribution in [3.63, 3.8) is 0 Å². The summed E-state index contributed by atoms with van der Waals surface area (Å²) in [5.74, 6) is -0.753. The zero-order valence-corrected chi connectivity index (χ0v) is 15.4. The van der Waals surface area contributed by atoms with Crippen molar-refractivity contribution < 1.29 is 19.1 Å². The van der Waals surface area contributed by atoms with E-state index in [1.54, 1.807) is 6.92 Å². The Kier molecular flexibility index (Phi) is 13.5. The SMILES string of the molecule is CCCCCCC(C(=O)OCCCC)=C(C)C(=O)OCCCC. The van der Waals surface area contributed by atoms with E-state index in [2.05, 4.69) is 6.92 Å². The second-order valence-corrected chi connectivity index (χ2v) is 5.89. The maximum Gasteiger partial charge on any atom is 0.334 e. The van der Waals surface area contributed by atoms with Gasteiger partial charge in [-0.25, -0.2) is 9.59 Å². The molecule has 0 rings (SSSR count). The van der Waals surface area contributed by atoms with Crippen molar-refractivity contribution in [2.75, 3.05) is 13.2 Å². The molecule has 0 saturated heterocycles. The van der Waals surface area contributed by atoms with Crippen molar-refractivity contribution in [2.45, 2.75) is 85.5 Å². The van der Waals surface area contributed by atoms with E-state index in [-0.39, 0.29) is 5.97 Å². The smallest absolute Gasteiger partial charge is 0.334 e. The molecule has 0 N–H and O–H groups in total. The van der Waals surface area contributed by atoms with Gasteiger partial charge in [0.25, 0.3) is 0 Å². The molecule has 0 aromatic carbocycles. The van der Waals surface area contributed by atoms with Crippen LogP contribution in [-0.2, 0) is 19.1 Å². The Morgan fingerprint density at radius 1 is 0.696 bits per heavy atom. The lowest BCUT2D eigenvalue weighted by atomic mass is 10.0. The van der Waals surface area contributed by atoms with Gasteiger partial charge < -0.3 is 9.47 Å². The molecule has 0 aliphatic carbocycles. The van der Waals surface area contributed by atoms with Crippen molar-refractivity contribution in [2.24, 2.45) is 0 Å². The summed E-state index contributed by atoms with van der Waals surface area (Å²) in [5, 5.41) is 0. The number of unbranched alkanes of at least 4 members (excludes halogenated alkanes) is 5. The molecular weight excluding hydrogens is 292 g/mol. The number of rotatable bonds is 13. The Labute approximate surface area is 141 Å². The van der Waals surface area contributed by atoms with Gasteiger partial charge in [0.2, 0.25) is 0 Å². The average Bonchev–Trinajstić information content (AvgIpc) is 2.54. The summed E-state index contributed by atoms with van der Waals surface area (Å²) in [5.41, 5.74) is 0.887. The minimum absolute atomic E-state index is 0.361. The van der Waals surface area contributed by atoms with Crippen LogP contribution in [0.4, 0.5) is 0 Å². The Bertz CT molecular complexity index is 372. The van der Waals surface area contributed by atoms with Gasteiger partial charge in [-0.1, -0.05) is 52.9 Å². The standard InChI is InChI=1S/C19H34O4/c1-5-8-11-12-13-17(19(21)23-15-10-7-3)16(4)18(20)22-14-9-6-2/h5-15H2,1-4H3. The Morgan fingerprint density at radius 3 is 1.74 bits per heavy atom. The third-order valence-electron chi connectivity index (χ3n) is 3.75. The van der Waals surface area contributed by atoms with E-state index in [1.165, 1.54) is 0 Å². The normalized spacial score (nSPS) is 11.8. The highest BCUT2D eigenvalue weighted by Gasteiger charge is 2.19. The second kappa shape index (κ2) is 14.3. The number of carbonyl (C=O) groups is 2. The minimum Gasteiger partial charge on any atom is -0.462 e. The number of ether oxygens (including phenoxy) is 2. The van der Waals surface area contributed by atoms with E-state index in [0.29, 0.717) is 30.8 Å². The molecular formula is C19H34O4. The van der Waals surface area contributed by atoms with E-state index in [1.807, 2.05) is 13.8 Å². The van der Waals surface area contributed by atoms with E-state index >= 15 is 0 Å². The maximum atomic E-state index is 12.3. The Morgan fingerprint density at radius 2 is 1.22 bits per heavy atom. The Balaban J connectivity index is 4.79. The van der Waals surface area contributed by atoms with Gasteiger partial charge in [0.15, 0.2) is 0 Å². The minimum atomic E-state index is -0.392. The molecule has 0 radical (unpaired) electrons. The van der Waals surface area contributed by atoms with Gasteiger partial charge in [-0.05, 0) is 32.6 Å². The lowest BCUT2D eigenvalue weighted by Gasteiger charge is -2.12. The van der Waals surface area contributed by atoms with Crippen LogP contribution in [-0.4, -0.2) is 25.2 Å². The molecule has 0 fully saturated rings. The predicted molar refractivity (Wildman–Crippen MR) is 93.2 cm³/mol. The molecule has 0 heterocycles. The van der Waals surface area contributed by atoms with Gasteiger partial charge in [0.05, 0.1) is 13.2 Å². The lowest BCUT2D eigenvalue weighted by molar-refractivity contribution is -0.142. The van der Waals surface area contributed by atoms with Crippen molar-refractivity contribution in [1.29, 1.82) is 0 Å². The van der Waals surface area contributed by atoms with Gasteiger partial charge >= 0.3 is 11.9 Å². The van der Waals surface area contributed by atoms with Crippen LogP contribution in [0.1, 0.15) is 85.5 Å². The van der Waals surface area contributed by atoms with Crippen LogP contribution >= 0.6 is 0 Å². The van der Waals surface area contributed by atoms with Crippen molar-refractivity contribution in [1.82, 2.24) is 0 Å². The molecule has 0 aliphatic heterocycles. The highest BCUT2D eigenvalue weighted by atomic mass is 16.5. The third kappa shape index (κ3) is 10.1. The van der Waals surface area contributed by atoms with Crippen molar-refractivity contribution in [3.05, 3.63) is 11.1 Å². The van der Waals surface area contributed by atoms with Gasteiger partial charge in [0, 0.05) is 11.1 Å². The quantitative estimate of drug-likeness (QED) is 0.273. The van der Waals surface area contributed by atoms with E-state index in [4.69, 9.17) is 9.47 Å². The maximum absolute atomic E-state index is 12.3. The number of hydrogen-bond donors (Lipinski definition) is 0. The summed E-state index contributed by atoms with van der Waals surface area (Å²) in [6.45, 7) is 8.72. The molecule has 23 heavy (non-hydrogen) atoms. The molecule has 4 nitrogen and oxygen atoms in total. The lowest BCUT2D eigenvalue weighted by Crippen LogP contribution is -2.16. The van der Waals surface area contributed by atoms with Gasteiger partial charge in [-0.2, -0.15) is 0 Å². The second-order valence-electron chi connectivity index (χ2n) is 5.89. The molecule has 0 bridgehead atoms. The molecule has 0 aromatic rings. The fourth-order valence-electron chi connectivity index (χ4n) is 2.11. The first-order valence-electron chi connectivity index (χ1n) is 9.12. The monoisotopic (exact) mass is 326 g/mol. The van der Waals surface area contributed by atoms with Crippen LogP contribution < -0.4 is 0 Å². The van der Waals surface area contributed by atoms with Crippen LogP contribution in [0, 0.1) is 0 Å². The van der Waals surface area contributed by atoms with Crippen LogP contribution in [0.15, 0.2) is 11.1 Å². The van der Waals surface area contributed by atoms with E-state index < -0.39 is 5.97 Å². The zero-order chi connectivity index (χ0) is 17.5. The molecule has 0 unspecified atom stereocenters. The topological polar surface area (TPSA) is 52.6 Å². The van der Waals surface area contributed by atoms with Gasteiger partial charge in [-0.15, -0.1) is 0 Å². The first-order valence-corrected chi connectivity index (χ1v) is 9.12. The molecule has 134 valence electrons. The number of carbonyl (C=O) groups excluding carboxylic acids is 2. The highest BCUT2D eigenvalue weighted by Crippen LogP contribution is 2.17. The van der Waals surface area contributed by atoms with Crippen LogP contribution in [0.3, 0.4) is 0 Å². The molecule has 4 heteroatoms. The molecule has 0 amide bonds. The molecule has 0 aliphatic rings. The fraction of sp³-hybridized carbons (Fsp3) is 0.789. The van der Waals surface area contributed by atoms with E-state index in [9.17, 15) is 9.59 Å². The molecule has 0 saturated carbocycles. The summed E-state index contributed by atoms with van der Waals surface area (Å²) < 4.78 is 10.5. The first-order chi connectivity index (χ1) is 11.1. The Hall–Kier alpha value is -1.32. The average molecular weight is 326 g/mol. The summed E-state index contributed by atoms with van der Waals surface area (Å²) in [7, 11) is 0. The van der Waals surface area contributed by atoms with Gasteiger partial charge in [-0.3, -0.25) is 0 Å². The first kappa shape index (κ1) is 21.7. The third-order valence-corrected chi connectivity index (χ3v) is 3.75. The summed E-state index contributed by atoms with van der Waals surface area (Å²) >= 11 is 0. The molecule has 0 atom stereocenters. The number of hydrogen-bond acceptors (Lipinski definition) is 4. The number of esters is 2. The molecule has 0 aromatic heterocycles. The van der Waals surface area contributed by atoms with Crippen molar-refractivity contribution >= 4 is 11.9 Å². The largest absolute Gasteiger partial charge is 0.462 e. The molecule has 0 spiro atoms. The fourth-order valence-corrected chi connectivity index (χ4v) is 2.11. The van der Waals surface area contributed by atoms with Crippen LogP contribution in [0.2, 0.25) is 0 Å². The highest BCUT2D eigenvalue weighted by molar-refractivity contribution is 5.99. The summed E-state index contributed by atoms with van der Waals surface area (Å²) in [6, 6.07) is 0. The van der Waals surface area contributed by atoms with Gasteiger partial charge in [0.1, 0.15) is 0 Å². The van der Waals surface area contributed by atoms with Crippen LogP contribution in [0.5, 0.6) is 0 Å². The van der Waals surface area contributed by atoms with Crippen molar-refractivity contribution in [3.8, 4) is 0 Å².